The Morgan fingerprint density at radius 3 is 2.65 bits per heavy atom. The number of halogens is 1. The van der Waals surface area contributed by atoms with Gasteiger partial charge in [0.05, 0.1) is 18.2 Å². The number of hydrogen-bond donors (Lipinski definition) is 3. The Bertz CT molecular complexity index is 410. The van der Waals surface area contributed by atoms with E-state index in [0.29, 0.717) is 5.82 Å². The fourth-order valence-corrected chi connectivity index (χ4v) is 1.52. The lowest BCUT2D eigenvalue weighted by atomic mass is 10.1. The van der Waals surface area contributed by atoms with Crippen molar-refractivity contribution in [3.63, 3.8) is 0 Å². The molecule has 0 spiro atoms. The molecule has 0 aliphatic rings. The molecule has 1 heterocycles. The number of aliphatic hydroxyl groups is 1. The third-order valence-corrected chi connectivity index (χ3v) is 2.57. The molecular weight excluding hydrogens is 244 g/mol. The van der Waals surface area contributed by atoms with Crippen LogP contribution in [-0.2, 0) is 0 Å². The van der Waals surface area contributed by atoms with Crippen molar-refractivity contribution in [2.75, 3.05) is 11.9 Å². The van der Waals surface area contributed by atoms with Gasteiger partial charge < -0.3 is 15.5 Å². The second-order valence-electron chi connectivity index (χ2n) is 4.05. The van der Waals surface area contributed by atoms with E-state index in [1.165, 1.54) is 12.1 Å². The number of hydrogen-bond acceptors (Lipinski definition) is 4. The van der Waals surface area contributed by atoms with E-state index in [-0.39, 0.29) is 29.3 Å². The SMILES string of the molecule is CC(C)C(CO)Nc1cc(C(=O)O)cc(Cl)n1. The summed E-state index contributed by atoms with van der Waals surface area (Å²) in [6, 6.07) is 2.47. The highest BCUT2D eigenvalue weighted by molar-refractivity contribution is 6.29. The van der Waals surface area contributed by atoms with E-state index in [2.05, 4.69) is 10.3 Å². The minimum absolute atomic E-state index is 0.0612. The highest BCUT2D eigenvalue weighted by atomic mass is 35.5. The van der Waals surface area contributed by atoms with Gasteiger partial charge >= 0.3 is 5.97 Å². The third-order valence-electron chi connectivity index (χ3n) is 2.38. The van der Waals surface area contributed by atoms with Crippen molar-refractivity contribution in [1.82, 2.24) is 4.98 Å². The number of nitrogens with zero attached hydrogens (tertiary/aromatic N) is 1. The van der Waals surface area contributed by atoms with Crippen LogP contribution in [0, 0.1) is 5.92 Å². The normalized spacial score (nSPS) is 12.5. The van der Waals surface area contributed by atoms with E-state index in [4.69, 9.17) is 21.8 Å². The lowest BCUT2D eigenvalue weighted by Gasteiger charge is -2.20. The molecule has 0 fully saturated rings. The maximum Gasteiger partial charge on any atom is 0.335 e. The summed E-state index contributed by atoms with van der Waals surface area (Å²) in [6.07, 6.45) is 0. The lowest BCUT2D eigenvalue weighted by Crippen LogP contribution is -2.29. The second kappa shape index (κ2) is 5.84. The average molecular weight is 259 g/mol. The first kappa shape index (κ1) is 13.7. The molecule has 17 heavy (non-hydrogen) atoms. The zero-order valence-corrected chi connectivity index (χ0v) is 10.4. The molecule has 3 N–H and O–H groups in total. The molecule has 0 amide bonds. The number of rotatable bonds is 5. The van der Waals surface area contributed by atoms with Gasteiger partial charge in [0.1, 0.15) is 11.0 Å². The monoisotopic (exact) mass is 258 g/mol. The summed E-state index contributed by atoms with van der Waals surface area (Å²) in [5.41, 5.74) is 0.0629. The van der Waals surface area contributed by atoms with E-state index < -0.39 is 5.97 Å². The third kappa shape index (κ3) is 3.87. The molecule has 5 nitrogen and oxygen atoms in total. The zero-order valence-electron chi connectivity index (χ0n) is 9.64. The first-order chi connectivity index (χ1) is 7.93. The van der Waals surface area contributed by atoms with Gasteiger partial charge in [0.2, 0.25) is 0 Å². The topological polar surface area (TPSA) is 82.5 Å². The second-order valence-corrected chi connectivity index (χ2v) is 4.43. The number of aromatic nitrogens is 1. The van der Waals surface area contributed by atoms with Crippen LogP contribution in [0.2, 0.25) is 5.15 Å². The van der Waals surface area contributed by atoms with Gasteiger partial charge in [-0.3, -0.25) is 0 Å². The van der Waals surface area contributed by atoms with E-state index in [1.54, 1.807) is 0 Å². The summed E-state index contributed by atoms with van der Waals surface area (Å²) in [5, 5.41) is 21.1. The molecule has 1 aromatic heterocycles. The van der Waals surface area contributed by atoms with Crippen molar-refractivity contribution in [2.45, 2.75) is 19.9 Å². The Kier molecular flexibility index (Phi) is 4.72. The van der Waals surface area contributed by atoms with Gasteiger partial charge in [0, 0.05) is 0 Å². The molecule has 94 valence electrons. The number of aromatic carboxylic acids is 1. The van der Waals surface area contributed by atoms with Crippen molar-refractivity contribution >= 4 is 23.4 Å². The van der Waals surface area contributed by atoms with E-state index in [0.717, 1.165) is 0 Å². The Labute approximate surface area is 104 Å². The minimum atomic E-state index is -1.07. The van der Waals surface area contributed by atoms with Crippen molar-refractivity contribution in [2.24, 2.45) is 5.92 Å². The Hall–Kier alpha value is -1.33. The number of carboxylic acids is 1. The smallest absolute Gasteiger partial charge is 0.335 e. The number of carbonyl (C=O) groups is 1. The molecule has 0 aliphatic carbocycles. The van der Waals surface area contributed by atoms with Gasteiger partial charge in [-0.05, 0) is 18.1 Å². The van der Waals surface area contributed by atoms with Crippen LogP contribution in [-0.4, -0.2) is 33.8 Å². The maximum atomic E-state index is 10.8. The minimum Gasteiger partial charge on any atom is -0.478 e. The van der Waals surface area contributed by atoms with Gasteiger partial charge in [-0.1, -0.05) is 25.4 Å². The van der Waals surface area contributed by atoms with Gasteiger partial charge in [-0.25, -0.2) is 9.78 Å². The first-order valence-electron chi connectivity index (χ1n) is 5.22. The summed E-state index contributed by atoms with van der Waals surface area (Å²) < 4.78 is 0. The largest absolute Gasteiger partial charge is 0.478 e. The first-order valence-corrected chi connectivity index (χ1v) is 5.60. The highest BCUT2D eigenvalue weighted by Crippen LogP contribution is 2.17. The van der Waals surface area contributed by atoms with Crippen molar-refractivity contribution in [3.05, 3.63) is 22.8 Å². The highest BCUT2D eigenvalue weighted by Gasteiger charge is 2.14. The fraction of sp³-hybridized carbons (Fsp3) is 0.455. The van der Waals surface area contributed by atoms with Crippen LogP contribution >= 0.6 is 11.6 Å². The molecule has 0 saturated carbocycles. The van der Waals surface area contributed by atoms with Crippen LogP contribution in [0.1, 0.15) is 24.2 Å². The summed E-state index contributed by atoms with van der Waals surface area (Å²) in [5.74, 6) is -0.529. The van der Waals surface area contributed by atoms with E-state index in [1.807, 2.05) is 13.8 Å². The van der Waals surface area contributed by atoms with Gasteiger partial charge in [-0.15, -0.1) is 0 Å². The predicted octanol–water partition coefficient (Wildman–Crippen LogP) is 1.86. The van der Waals surface area contributed by atoms with Crippen LogP contribution in [0.15, 0.2) is 12.1 Å². The number of anilines is 1. The molecule has 0 aliphatic heterocycles. The molecule has 1 aromatic rings. The fourth-order valence-electron chi connectivity index (χ4n) is 1.31. The van der Waals surface area contributed by atoms with Crippen molar-refractivity contribution < 1.29 is 15.0 Å². The molecule has 1 rings (SSSR count). The molecule has 6 heteroatoms. The summed E-state index contributed by atoms with van der Waals surface area (Å²) >= 11 is 5.72. The summed E-state index contributed by atoms with van der Waals surface area (Å²) in [7, 11) is 0. The lowest BCUT2D eigenvalue weighted by molar-refractivity contribution is 0.0697. The van der Waals surface area contributed by atoms with E-state index in [9.17, 15) is 4.79 Å². The number of pyridine rings is 1. The number of nitrogens with one attached hydrogen (secondary N) is 1. The quantitative estimate of drug-likeness (QED) is 0.703. The van der Waals surface area contributed by atoms with Crippen LogP contribution < -0.4 is 5.32 Å². The summed E-state index contributed by atoms with van der Waals surface area (Å²) in [6.45, 7) is 3.82. The zero-order chi connectivity index (χ0) is 13.0. The van der Waals surface area contributed by atoms with Gasteiger partial charge in [0.15, 0.2) is 0 Å². The Morgan fingerprint density at radius 1 is 1.53 bits per heavy atom. The predicted molar refractivity (Wildman–Crippen MR) is 65.5 cm³/mol. The van der Waals surface area contributed by atoms with Crippen molar-refractivity contribution in [3.8, 4) is 0 Å². The average Bonchev–Trinajstić information content (AvgIpc) is 2.24. The van der Waals surface area contributed by atoms with Gasteiger partial charge in [0.25, 0.3) is 0 Å². The molecule has 0 saturated heterocycles. The number of aliphatic hydroxyl groups excluding tert-OH is 1. The summed E-state index contributed by atoms with van der Waals surface area (Å²) in [4.78, 5) is 14.8. The molecule has 0 radical (unpaired) electrons. The van der Waals surface area contributed by atoms with Crippen LogP contribution in [0.25, 0.3) is 0 Å². The van der Waals surface area contributed by atoms with E-state index >= 15 is 0 Å². The molecule has 1 atom stereocenters. The van der Waals surface area contributed by atoms with Gasteiger partial charge in [-0.2, -0.15) is 0 Å². The molecule has 0 aromatic carbocycles. The number of carboxylic acid groups (broad SMARTS) is 1. The molecule has 1 unspecified atom stereocenters. The van der Waals surface area contributed by atoms with Crippen LogP contribution in [0.4, 0.5) is 5.82 Å². The van der Waals surface area contributed by atoms with Crippen LogP contribution in [0.5, 0.6) is 0 Å². The Morgan fingerprint density at radius 2 is 2.18 bits per heavy atom. The van der Waals surface area contributed by atoms with Crippen LogP contribution in [0.3, 0.4) is 0 Å². The Balaban J connectivity index is 2.94. The molecule has 0 bridgehead atoms. The van der Waals surface area contributed by atoms with Crippen molar-refractivity contribution in [1.29, 1.82) is 0 Å². The standard InChI is InChI=1S/C11H15ClN2O3/c1-6(2)8(5-15)13-10-4-7(11(16)17)3-9(12)14-10/h3-4,6,8,15H,5H2,1-2H3,(H,13,14)(H,16,17). The maximum absolute atomic E-state index is 10.8. The molecular formula is C11H15ClN2O3.